The summed E-state index contributed by atoms with van der Waals surface area (Å²) in [6, 6.07) is 20.6. The lowest BCUT2D eigenvalue weighted by Gasteiger charge is -2.47. The zero-order valence-corrected chi connectivity index (χ0v) is 12.4. The van der Waals surface area contributed by atoms with Crippen LogP contribution in [0, 0.1) is 5.92 Å². The van der Waals surface area contributed by atoms with Crippen molar-refractivity contribution in [3.63, 3.8) is 0 Å². The highest BCUT2D eigenvalue weighted by atomic mass is 16.2. The highest BCUT2D eigenvalue weighted by Crippen LogP contribution is 2.45. The number of hydrogen-bond acceptors (Lipinski definition) is 1. The minimum Gasteiger partial charge on any atom is -0.304 e. The molecule has 0 unspecified atom stereocenters. The van der Waals surface area contributed by atoms with Crippen molar-refractivity contribution in [2.75, 3.05) is 4.90 Å². The number of carbonyl (C=O) groups excluding carboxylic acids is 1. The minimum atomic E-state index is 0.132. The maximum absolute atomic E-state index is 12.6. The Kier molecular flexibility index (Phi) is 4.05. The second-order valence-corrected chi connectivity index (χ2v) is 5.65. The highest BCUT2D eigenvalue weighted by Gasteiger charge is 2.47. The van der Waals surface area contributed by atoms with E-state index in [0.717, 1.165) is 24.9 Å². The van der Waals surface area contributed by atoms with E-state index in [0.29, 0.717) is 0 Å². The van der Waals surface area contributed by atoms with Gasteiger partial charge >= 0.3 is 0 Å². The standard InChI is InChI=1S/C19H21NO/c1-2-3-14-17-18(15-10-6-4-7-11-15)20(19(17)21)16-12-8-5-9-13-16/h4-13,17-18H,2-3,14H2,1H3/t17-,18+/m0/s1. The molecule has 0 aromatic heterocycles. The maximum atomic E-state index is 12.6. The first-order valence-electron chi connectivity index (χ1n) is 7.76. The van der Waals surface area contributed by atoms with Crippen LogP contribution in [0.5, 0.6) is 0 Å². The average Bonchev–Trinajstić information content (AvgIpc) is 2.54. The lowest BCUT2D eigenvalue weighted by Crippen LogP contribution is -2.55. The molecule has 0 N–H and O–H groups in total. The van der Waals surface area contributed by atoms with E-state index in [9.17, 15) is 4.79 Å². The summed E-state index contributed by atoms with van der Waals surface area (Å²) in [6.45, 7) is 2.18. The number of β-lactam (4-membered cyclic amide) rings is 1. The summed E-state index contributed by atoms with van der Waals surface area (Å²) >= 11 is 0. The first-order chi connectivity index (χ1) is 10.3. The van der Waals surface area contributed by atoms with Gasteiger partial charge in [-0.25, -0.2) is 0 Å². The van der Waals surface area contributed by atoms with E-state index < -0.39 is 0 Å². The Morgan fingerprint density at radius 3 is 2.19 bits per heavy atom. The van der Waals surface area contributed by atoms with E-state index >= 15 is 0 Å². The Labute approximate surface area is 126 Å². The van der Waals surface area contributed by atoms with Gasteiger partial charge in [0.2, 0.25) is 5.91 Å². The average molecular weight is 279 g/mol. The van der Waals surface area contributed by atoms with Gasteiger partial charge in [0.1, 0.15) is 0 Å². The molecule has 0 aliphatic carbocycles. The van der Waals surface area contributed by atoms with Gasteiger partial charge in [-0.2, -0.15) is 0 Å². The molecule has 2 atom stereocenters. The van der Waals surface area contributed by atoms with E-state index in [1.807, 2.05) is 41.3 Å². The quantitative estimate of drug-likeness (QED) is 0.733. The van der Waals surface area contributed by atoms with Crippen molar-refractivity contribution in [3.8, 4) is 0 Å². The second kappa shape index (κ2) is 6.13. The summed E-state index contributed by atoms with van der Waals surface area (Å²) < 4.78 is 0. The van der Waals surface area contributed by atoms with Gasteiger partial charge in [0, 0.05) is 5.69 Å². The van der Waals surface area contributed by atoms with Gasteiger partial charge in [-0.1, -0.05) is 68.3 Å². The lowest BCUT2D eigenvalue weighted by molar-refractivity contribution is -0.130. The molecular formula is C19H21NO. The number of amides is 1. The third kappa shape index (κ3) is 2.58. The second-order valence-electron chi connectivity index (χ2n) is 5.65. The van der Waals surface area contributed by atoms with Gasteiger partial charge in [0.15, 0.2) is 0 Å². The van der Waals surface area contributed by atoms with Crippen LogP contribution in [0.2, 0.25) is 0 Å². The Balaban J connectivity index is 1.91. The molecule has 2 nitrogen and oxygen atoms in total. The number of rotatable bonds is 5. The van der Waals surface area contributed by atoms with E-state index in [-0.39, 0.29) is 17.9 Å². The minimum absolute atomic E-state index is 0.132. The summed E-state index contributed by atoms with van der Waals surface area (Å²) in [6.07, 6.45) is 3.23. The largest absolute Gasteiger partial charge is 0.304 e. The highest BCUT2D eigenvalue weighted by molar-refractivity contribution is 6.03. The molecule has 1 fully saturated rings. The molecule has 2 heteroatoms. The summed E-state index contributed by atoms with van der Waals surface area (Å²) in [5, 5.41) is 0. The molecule has 21 heavy (non-hydrogen) atoms. The number of benzene rings is 2. The number of hydrogen-bond donors (Lipinski definition) is 0. The zero-order chi connectivity index (χ0) is 14.7. The van der Waals surface area contributed by atoms with Crippen LogP contribution in [0.25, 0.3) is 0 Å². The molecule has 2 aromatic rings. The van der Waals surface area contributed by atoms with Gasteiger partial charge in [-0.05, 0) is 24.1 Å². The molecule has 0 saturated carbocycles. The predicted molar refractivity (Wildman–Crippen MR) is 86.1 cm³/mol. The summed E-state index contributed by atoms with van der Waals surface area (Å²) in [5.41, 5.74) is 2.24. The van der Waals surface area contributed by atoms with Crippen molar-refractivity contribution < 1.29 is 4.79 Å². The third-order valence-electron chi connectivity index (χ3n) is 4.26. The number of para-hydroxylation sites is 1. The molecule has 0 radical (unpaired) electrons. The smallest absolute Gasteiger partial charge is 0.233 e. The van der Waals surface area contributed by atoms with Crippen molar-refractivity contribution in [2.45, 2.75) is 32.2 Å². The van der Waals surface area contributed by atoms with Crippen LogP contribution in [0.1, 0.15) is 37.8 Å². The number of nitrogens with zero attached hydrogens (tertiary/aromatic N) is 1. The van der Waals surface area contributed by atoms with Crippen molar-refractivity contribution in [1.29, 1.82) is 0 Å². The summed E-state index contributed by atoms with van der Waals surface area (Å²) in [7, 11) is 0. The van der Waals surface area contributed by atoms with Crippen molar-refractivity contribution in [3.05, 3.63) is 66.2 Å². The van der Waals surface area contributed by atoms with Gasteiger partial charge < -0.3 is 4.90 Å². The first kappa shape index (κ1) is 13.9. The Hall–Kier alpha value is -2.09. The number of unbranched alkanes of at least 4 members (excludes halogenated alkanes) is 1. The van der Waals surface area contributed by atoms with Gasteiger partial charge in [-0.15, -0.1) is 0 Å². The SMILES string of the molecule is CCCC[C@@H]1C(=O)N(c2ccccc2)[C@@H]1c1ccccc1. The molecule has 0 spiro atoms. The van der Waals surface area contributed by atoms with Gasteiger partial charge in [-0.3, -0.25) is 4.79 Å². The third-order valence-corrected chi connectivity index (χ3v) is 4.26. The Morgan fingerprint density at radius 1 is 0.952 bits per heavy atom. The fourth-order valence-electron chi connectivity index (χ4n) is 3.16. The summed E-state index contributed by atoms with van der Waals surface area (Å²) in [4.78, 5) is 14.5. The van der Waals surface area contributed by atoms with Crippen molar-refractivity contribution in [1.82, 2.24) is 0 Å². The van der Waals surface area contributed by atoms with Gasteiger partial charge in [0.25, 0.3) is 0 Å². The van der Waals surface area contributed by atoms with Crippen molar-refractivity contribution >= 4 is 11.6 Å². The molecule has 1 aliphatic heterocycles. The number of carbonyl (C=O) groups is 1. The van der Waals surface area contributed by atoms with Crippen LogP contribution < -0.4 is 4.90 Å². The fourth-order valence-corrected chi connectivity index (χ4v) is 3.16. The van der Waals surface area contributed by atoms with Crippen LogP contribution in [0.15, 0.2) is 60.7 Å². The monoisotopic (exact) mass is 279 g/mol. The normalized spacial score (nSPS) is 21.2. The topological polar surface area (TPSA) is 20.3 Å². The van der Waals surface area contributed by atoms with Crippen LogP contribution in [-0.2, 0) is 4.79 Å². The van der Waals surface area contributed by atoms with E-state index in [1.165, 1.54) is 5.56 Å². The first-order valence-corrected chi connectivity index (χ1v) is 7.76. The molecule has 3 rings (SSSR count). The number of anilines is 1. The van der Waals surface area contributed by atoms with E-state index in [2.05, 4.69) is 31.2 Å². The molecule has 1 amide bonds. The Morgan fingerprint density at radius 2 is 1.57 bits per heavy atom. The zero-order valence-electron chi connectivity index (χ0n) is 12.4. The predicted octanol–water partition coefficient (Wildman–Crippen LogP) is 4.58. The van der Waals surface area contributed by atoms with Crippen molar-refractivity contribution in [2.24, 2.45) is 5.92 Å². The summed E-state index contributed by atoms with van der Waals surface area (Å²) in [5.74, 6) is 0.399. The molecule has 108 valence electrons. The molecule has 1 aliphatic rings. The van der Waals surface area contributed by atoms with Crippen LogP contribution in [0.4, 0.5) is 5.69 Å². The molecule has 0 bridgehead atoms. The lowest BCUT2D eigenvalue weighted by atomic mass is 9.79. The van der Waals surface area contributed by atoms with E-state index in [4.69, 9.17) is 0 Å². The van der Waals surface area contributed by atoms with Crippen LogP contribution in [-0.4, -0.2) is 5.91 Å². The van der Waals surface area contributed by atoms with E-state index in [1.54, 1.807) is 0 Å². The van der Waals surface area contributed by atoms with Crippen LogP contribution in [0.3, 0.4) is 0 Å². The molecular weight excluding hydrogens is 258 g/mol. The van der Waals surface area contributed by atoms with Crippen LogP contribution >= 0.6 is 0 Å². The Bertz CT molecular complexity index is 593. The molecule has 1 heterocycles. The molecule has 2 aromatic carbocycles. The maximum Gasteiger partial charge on any atom is 0.233 e. The van der Waals surface area contributed by atoms with Gasteiger partial charge in [0.05, 0.1) is 12.0 Å². The fraction of sp³-hybridized carbons (Fsp3) is 0.316. The molecule has 1 saturated heterocycles.